The van der Waals surface area contributed by atoms with Crippen LogP contribution in [0.2, 0.25) is 0 Å². The molecule has 282 valence electrons. The third-order valence-corrected chi connectivity index (χ3v) is 11.2. The van der Waals surface area contributed by atoms with Crippen molar-refractivity contribution >= 4 is 8.53 Å². The standard InChI is InChI=1S/C40H49N4O8P/c1-27(2)44(28(3)4)53(49-23-11-22-41)50-26-36-35(24-37(51-36)43-25-29(5)38(45)42-39(43)46)52-40(30-12-9-8-10-13-30,31-14-18-33(47-6)19-15-31)32-16-20-34(48-7)21-17-32/h8-10,12-21,25,27-28,35-37H,11,23-24,26H2,1-7H3,(H,42,45,46)/t35-,36+,37+,53?/m0/s1. The second kappa shape index (κ2) is 18.1. The van der Waals surface area contributed by atoms with Gasteiger partial charge in [-0.05, 0) is 75.6 Å². The Balaban J connectivity index is 1.63. The summed E-state index contributed by atoms with van der Waals surface area (Å²) in [5.41, 5.74) is 0.691. The van der Waals surface area contributed by atoms with Gasteiger partial charge in [0.25, 0.3) is 14.1 Å². The molecule has 1 unspecified atom stereocenters. The van der Waals surface area contributed by atoms with Crippen molar-refractivity contribution in [3.8, 4) is 17.6 Å². The zero-order valence-electron chi connectivity index (χ0n) is 31.4. The van der Waals surface area contributed by atoms with E-state index in [2.05, 4.69) is 43.4 Å². The molecule has 3 aromatic carbocycles. The van der Waals surface area contributed by atoms with E-state index >= 15 is 0 Å². The summed E-state index contributed by atoms with van der Waals surface area (Å²) < 4.78 is 41.6. The number of nitrogens with zero attached hydrogens (tertiary/aromatic N) is 3. The van der Waals surface area contributed by atoms with Crippen LogP contribution in [0.15, 0.2) is 94.6 Å². The van der Waals surface area contributed by atoms with Gasteiger partial charge in [0.05, 0.1) is 46.0 Å². The first-order valence-electron chi connectivity index (χ1n) is 17.7. The normalized spacial score (nSPS) is 18.0. The third kappa shape index (κ3) is 9.07. The minimum Gasteiger partial charge on any atom is -0.497 e. The highest BCUT2D eigenvalue weighted by molar-refractivity contribution is 7.44. The molecule has 0 amide bonds. The van der Waals surface area contributed by atoms with Gasteiger partial charge in [-0.25, -0.2) is 9.46 Å². The Labute approximate surface area is 312 Å². The number of H-pyrrole nitrogens is 1. The van der Waals surface area contributed by atoms with Gasteiger partial charge in [0.2, 0.25) is 0 Å². The second-order valence-electron chi connectivity index (χ2n) is 13.3. The number of nitriles is 1. The van der Waals surface area contributed by atoms with Crippen LogP contribution in [0, 0.1) is 18.3 Å². The van der Waals surface area contributed by atoms with Crippen LogP contribution in [0.25, 0.3) is 0 Å². The lowest BCUT2D eigenvalue weighted by atomic mass is 9.79. The molecule has 0 saturated carbocycles. The molecule has 1 saturated heterocycles. The van der Waals surface area contributed by atoms with E-state index in [9.17, 15) is 14.9 Å². The number of aromatic amines is 1. The van der Waals surface area contributed by atoms with E-state index in [0.717, 1.165) is 16.7 Å². The molecule has 1 aliphatic heterocycles. The maximum absolute atomic E-state index is 13.2. The van der Waals surface area contributed by atoms with E-state index in [4.69, 9.17) is 28.0 Å². The number of aryl methyl sites for hydroxylation is 1. The first kappa shape index (κ1) is 39.9. The summed E-state index contributed by atoms with van der Waals surface area (Å²) in [4.78, 5) is 27.9. The number of hydrogen-bond donors (Lipinski definition) is 1. The average molecular weight is 745 g/mol. The van der Waals surface area contributed by atoms with E-state index in [0.29, 0.717) is 17.1 Å². The fourth-order valence-corrected chi connectivity index (χ4v) is 8.27. The molecular weight excluding hydrogens is 695 g/mol. The number of nitrogens with one attached hydrogen (secondary N) is 1. The molecule has 1 aliphatic rings. The highest BCUT2D eigenvalue weighted by Crippen LogP contribution is 2.49. The predicted molar refractivity (Wildman–Crippen MR) is 203 cm³/mol. The Bertz CT molecular complexity index is 1870. The molecule has 13 heteroatoms. The number of hydrogen-bond acceptors (Lipinski definition) is 10. The van der Waals surface area contributed by atoms with E-state index in [-0.39, 0.29) is 38.1 Å². The Kier molecular flexibility index (Phi) is 13.6. The van der Waals surface area contributed by atoms with Gasteiger partial charge < -0.3 is 28.0 Å². The Morgan fingerprint density at radius 3 is 2.00 bits per heavy atom. The molecule has 1 aromatic heterocycles. The molecule has 0 bridgehead atoms. The summed E-state index contributed by atoms with van der Waals surface area (Å²) >= 11 is 0. The molecule has 53 heavy (non-hydrogen) atoms. The number of benzene rings is 3. The molecule has 12 nitrogen and oxygen atoms in total. The minimum atomic E-state index is -1.61. The summed E-state index contributed by atoms with van der Waals surface area (Å²) in [5.74, 6) is 1.39. The SMILES string of the molecule is COc1ccc(C(O[C@H]2C[C@H](n3cc(C)c(=O)[nH]c3=O)O[C@@H]2COP(OCCC#N)N(C(C)C)C(C)C)(c2ccccc2)c2ccc(OC)cc2)cc1. The Hall–Kier alpha value is -4.34. The zero-order valence-corrected chi connectivity index (χ0v) is 32.2. The fourth-order valence-electron chi connectivity index (χ4n) is 6.65. The van der Waals surface area contributed by atoms with Gasteiger partial charge in [0.1, 0.15) is 29.4 Å². The van der Waals surface area contributed by atoms with Crippen molar-refractivity contribution < 1.29 is 28.0 Å². The number of aromatic nitrogens is 2. The maximum Gasteiger partial charge on any atom is 0.330 e. The van der Waals surface area contributed by atoms with Crippen molar-refractivity contribution in [3.05, 3.63) is 128 Å². The van der Waals surface area contributed by atoms with Gasteiger partial charge in [-0.15, -0.1) is 0 Å². The van der Waals surface area contributed by atoms with Crippen LogP contribution in [0.1, 0.15) is 69.0 Å². The van der Waals surface area contributed by atoms with Gasteiger partial charge in [-0.1, -0.05) is 54.6 Å². The van der Waals surface area contributed by atoms with E-state index in [1.807, 2.05) is 78.9 Å². The molecule has 4 atom stereocenters. The van der Waals surface area contributed by atoms with Crippen LogP contribution < -0.4 is 20.7 Å². The zero-order chi connectivity index (χ0) is 38.1. The van der Waals surface area contributed by atoms with Gasteiger partial charge in [0.15, 0.2) is 0 Å². The Morgan fingerprint density at radius 2 is 1.47 bits per heavy atom. The summed E-state index contributed by atoms with van der Waals surface area (Å²) in [5, 5.41) is 9.24. The van der Waals surface area contributed by atoms with Crippen LogP contribution in [-0.4, -0.2) is 65.9 Å². The lowest BCUT2D eigenvalue weighted by Gasteiger charge is -2.40. The van der Waals surface area contributed by atoms with Crippen LogP contribution >= 0.6 is 8.53 Å². The molecule has 0 aliphatic carbocycles. The molecule has 0 radical (unpaired) electrons. The molecule has 1 N–H and O–H groups in total. The number of rotatable bonds is 17. The highest BCUT2D eigenvalue weighted by Gasteiger charge is 2.47. The smallest absolute Gasteiger partial charge is 0.330 e. The van der Waals surface area contributed by atoms with Gasteiger partial charge in [-0.2, -0.15) is 5.26 Å². The quantitative estimate of drug-likeness (QED) is 0.0697. The van der Waals surface area contributed by atoms with Crippen LogP contribution in [-0.2, 0) is 24.1 Å². The van der Waals surface area contributed by atoms with Crippen LogP contribution in [0.3, 0.4) is 0 Å². The summed E-state index contributed by atoms with van der Waals surface area (Å²) in [6, 6.07) is 27.8. The van der Waals surface area contributed by atoms with E-state index in [1.165, 1.54) is 10.8 Å². The molecule has 5 rings (SSSR count). The van der Waals surface area contributed by atoms with Gasteiger partial charge in [-0.3, -0.25) is 14.3 Å². The Morgan fingerprint density at radius 1 is 0.906 bits per heavy atom. The van der Waals surface area contributed by atoms with E-state index < -0.39 is 43.8 Å². The molecular formula is C40H49N4O8P. The first-order chi connectivity index (χ1) is 25.5. The van der Waals surface area contributed by atoms with Crippen molar-refractivity contribution in [2.24, 2.45) is 0 Å². The van der Waals surface area contributed by atoms with E-state index in [1.54, 1.807) is 21.1 Å². The van der Waals surface area contributed by atoms with Crippen LogP contribution in [0.5, 0.6) is 11.5 Å². The summed E-state index contributed by atoms with van der Waals surface area (Å²) in [6.07, 6.45) is -0.131. The van der Waals surface area contributed by atoms with Crippen molar-refractivity contribution in [3.63, 3.8) is 0 Å². The third-order valence-electron chi connectivity index (χ3n) is 9.15. The number of ether oxygens (including phenoxy) is 4. The molecule has 2 heterocycles. The largest absolute Gasteiger partial charge is 0.497 e. The topological polar surface area (TPSA) is 137 Å². The fraction of sp³-hybridized carbons (Fsp3) is 0.425. The highest BCUT2D eigenvalue weighted by atomic mass is 31.2. The predicted octanol–water partition coefficient (Wildman–Crippen LogP) is 6.82. The molecule has 0 spiro atoms. The van der Waals surface area contributed by atoms with Crippen LogP contribution in [0.4, 0.5) is 0 Å². The number of methoxy groups -OCH3 is 2. The van der Waals surface area contributed by atoms with Crippen molar-refractivity contribution in [1.82, 2.24) is 14.2 Å². The summed E-state index contributed by atoms with van der Waals surface area (Å²) in [7, 11) is 1.64. The lowest BCUT2D eigenvalue weighted by Crippen LogP contribution is -2.41. The summed E-state index contributed by atoms with van der Waals surface area (Å²) in [6.45, 7) is 10.2. The monoisotopic (exact) mass is 744 g/mol. The molecule has 4 aromatic rings. The van der Waals surface area contributed by atoms with Crippen molar-refractivity contribution in [2.75, 3.05) is 27.4 Å². The second-order valence-corrected chi connectivity index (χ2v) is 14.8. The minimum absolute atomic E-state index is 0.0581. The first-order valence-corrected chi connectivity index (χ1v) is 18.9. The maximum atomic E-state index is 13.2. The lowest BCUT2D eigenvalue weighted by molar-refractivity contribution is -0.0974. The van der Waals surface area contributed by atoms with Crippen molar-refractivity contribution in [1.29, 1.82) is 5.26 Å². The average Bonchev–Trinajstić information content (AvgIpc) is 3.56. The van der Waals surface area contributed by atoms with Gasteiger partial charge >= 0.3 is 5.69 Å². The van der Waals surface area contributed by atoms with Gasteiger partial charge in [0, 0.05) is 30.3 Å². The molecule has 1 fully saturated rings. The van der Waals surface area contributed by atoms with Crippen molar-refractivity contribution in [2.45, 2.75) is 83.6 Å².